The predicted octanol–water partition coefficient (Wildman–Crippen LogP) is 4.98. The Morgan fingerprint density at radius 1 is 1.22 bits per heavy atom. The van der Waals surface area contributed by atoms with Crippen LogP contribution in [0.15, 0.2) is 27.0 Å². The Bertz CT molecular complexity index is 1010. The van der Waals surface area contributed by atoms with Gasteiger partial charge >= 0.3 is 12.0 Å². The van der Waals surface area contributed by atoms with Crippen LogP contribution in [0.2, 0.25) is 0 Å². The van der Waals surface area contributed by atoms with E-state index in [1.54, 1.807) is 13.8 Å². The highest BCUT2D eigenvalue weighted by Crippen LogP contribution is 2.32. The van der Waals surface area contributed by atoms with Gasteiger partial charge in [0.05, 0.1) is 12.2 Å². The molecule has 142 valence electrons. The maximum Gasteiger partial charge on any atom is 0.344 e. The molecule has 0 bridgehead atoms. The van der Waals surface area contributed by atoms with E-state index in [1.165, 1.54) is 6.92 Å². The summed E-state index contributed by atoms with van der Waals surface area (Å²) in [6.45, 7) is 9.06. The van der Waals surface area contributed by atoms with Crippen LogP contribution in [0.1, 0.15) is 65.7 Å². The lowest BCUT2D eigenvalue weighted by Crippen LogP contribution is -2.11. The Morgan fingerprint density at radius 3 is 2.59 bits per heavy atom. The minimum Gasteiger partial charge on any atom is -0.462 e. The van der Waals surface area contributed by atoms with Gasteiger partial charge in [0.25, 0.3) is 0 Å². The number of furan rings is 1. The number of hydrogen-bond acceptors (Lipinski definition) is 7. The third-order valence-electron chi connectivity index (χ3n) is 4.21. The molecular weight excluding hydrogens is 348 g/mol. The van der Waals surface area contributed by atoms with Gasteiger partial charge in [-0.1, -0.05) is 19.9 Å². The number of fused-ring (bicyclic) bond motifs is 1. The fourth-order valence-corrected chi connectivity index (χ4v) is 2.91. The number of aromatic nitrogens is 1. The predicted molar refractivity (Wildman–Crippen MR) is 101 cm³/mol. The highest BCUT2D eigenvalue weighted by atomic mass is 16.5. The summed E-state index contributed by atoms with van der Waals surface area (Å²) < 4.78 is 16.4. The number of nitrogens with zero attached hydrogens (tertiary/aromatic N) is 1. The molecule has 0 unspecified atom stereocenters. The molecule has 27 heavy (non-hydrogen) atoms. The fraction of sp³-hybridized carbons (Fsp3) is 0.350. The van der Waals surface area contributed by atoms with Gasteiger partial charge in [-0.2, -0.15) is 4.98 Å². The number of hydrogen-bond donors (Lipinski definition) is 1. The summed E-state index contributed by atoms with van der Waals surface area (Å²) in [5.41, 5.74) is 2.68. The van der Waals surface area contributed by atoms with Crippen LogP contribution in [-0.2, 0) is 4.74 Å². The minimum atomic E-state index is -0.639. The van der Waals surface area contributed by atoms with E-state index in [0.29, 0.717) is 22.8 Å². The summed E-state index contributed by atoms with van der Waals surface area (Å²) in [6, 6.07) is 5.95. The van der Waals surface area contributed by atoms with Gasteiger partial charge in [0.2, 0.25) is 5.88 Å². The summed E-state index contributed by atoms with van der Waals surface area (Å²) in [5.74, 6) is -0.159. The number of ketones is 1. The monoisotopic (exact) mass is 370 g/mol. The van der Waals surface area contributed by atoms with Crippen LogP contribution in [0.4, 0.5) is 11.9 Å². The lowest BCUT2D eigenvalue weighted by molar-refractivity contribution is 0.0524. The third kappa shape index (κ3) is 3.58. The molecule has 0 saturated carbocycles. The molecule has 0 saturated heterocycles. The fourth-order valence-electron chi connectivity index (χ4n) is 2.91. The molecule has 7 heteroatoms. The van der Waals surface area contributed by atoms with E-state index in [0.717, 1.165) is 5.56 Å². The van der Waals surface area contributed by atoms with Crippen molar-refractivity contribution in [2.24, 2.45) is 0 Å². The number of ether oxygens (including phenoxy) is 1. The summed E-state index contributed by atoms with van der Waals surface area (Å²) in [4.78, 5) is 28.7. The lowest BCUT2D eigenvalue weighted by atomic mass is 10.0. The van der Waals surface area contributed by atoms with Crippen LogP contribution in [0.3, 0.4) is 0 Å². The largest absolute Gasteiger partial charge is 0.462 e. The first-order chi connectivity index (χ1) is 12.8. The van der Waals surface area contributed by atoms with E-state index in [4.69, 9.17) is 13.6 Å². The normalized spacial score (nSPS) is 11.2. The van der Waals surface area contributed by atoms with Gasteiger partial charge in [0, 0.05) is 0 Å². The van der Waals surface area contributed by atoms with Gasteiger partial charge in [0.15, 0.2) is 11.4 Å². The van der Waals surface area contributed by atoms with Crippen molar-refractivity contribution in [3.8, 4) is 0 Å². The van der Waals surface area contributed by atoms with Crippen LogP contribution in [0, 0.1) is 6.92 Å². The number of esters is 1. The highest BCUT2D eigenvalue weighted by Gasteiger charge is 2.28. The molecule has 3 aromatic rings. The van der Waals surface area contributed by atoms with Gasteiger partial charge < -0.3 is 13.6 Å². The molecule has 0 amide bonds. The number of Topliss-reactive ketones (excluding diaryl/α,β-unsaturated/α-hetero) is 1. The van der Waals surface area contributed by atoms with E-state index in [9.17, 15) is 9.59 Å². The van der Waals surface area contributed by atoms with E-state index in [-0.39, 0.29) is 35.4 Å². The van der Waals surface area contributed by atoms with Crippen molar-refractivity contribution in [1.82, 2.24) is 4.98 Å². The van der Waals surface area contributed by atoms with Gasteiger partial charge in [-0.15, -0.1) is 0 Å². The minimum absolute atomic E-state index is 0.0481. The van der Waals surface area contributed by atoms with Crippen LogP contribution >= 0.6 is 0 Å². The number of carbonyl (C=O) groups is 2. The Kier molecular flexibility index (Phi) is 5.03. The SMILES string of the molecule is CCOC(=O)c1c(Nc2nc3cc(C(C)C)ccc3o2)oc(C)c1C(C)=O. The van der Waals surface area contributed by atoms with E-state index < -0.39 is 5.97 Å². The first-order valence-electron chi connectivity index (χ1n) is 8.80. The molecule has 2 heterocycles. The molecule has 0 spiro atoms. The van der Waals surface area contributed by atoms with Crippen molar-refractivity contribution >= 4 is 34.8 Å². The molecule has 0 aliphatic heterocycles. The summed E-state index contributed by atoms with van der Waals surface area (Å²) in [7, 11) is 0. The number of carbonyl (C=O) groups excluding carboxylic acids is 2. The van der Waals surface area contributed by atoms with Crippen molar-refractivity contribution in [3.63, 3.8) is 0 Å². The van der Waals surface area contributed by atoms with Crippen molar-refractivity contribution < 1.29 is 23.2 Å². The van der Waals surface area contributed by atoms with Gasteiger partial charge in [0.1, 0.15) is 16.8 Å². The second-order valence-corrected chi connectivity index (χ2v) is 6.54. The number of rotatable bonds is 6. The van der Waals surface area contributed by atoms with Gasteiger partial charge in [-0.05, 0) is 44.4 Å². The molecule has 0 radical (unpaired) electrons. The number of anilines is 2. The van der Waals surface area contributed by atoms with E-state index in [1.807, 2.05) is 18.2 Å². The Hall–Kier alpha value is -3.09. The second kappa shape index (κ2) is 7.26. The zero-order chi connectivity index (χ0) is 19.7. The van der Waals surface area contributed by atoms with Crippen LogP contribution in [0.5, 0.6) is 0 Å². The van der Waals surface area contributed by atoms with Crippen molar-refractivity contribution in [2.75, 3.05) is 11.9 Å². The van der Waals surface area contributed by atoms with Crippen LogP contribution in [-0.4, -0.2) is 23.3 Å². The Labute approximate surface area is 156 Å². The van der Waals surface area contributed by atoms with Gasteiger partial charge in [-0.25, -0.2) is 4.79 Å². The highest BCUT2D eigenvalue weighted by molar-refractivity contribution is 6.09. The Balaban J connectivity index is 2.02. The van der Waals surface area contributed by atoms with E-state index in [2.05, 4.69) is 24.1 Å². The average molecular weight is 370 g/mol. The molecule has 0 aliphatic rings. The lowest BCUT2D eigenvalue weighted by Gasteiger charge is -2.04. The zero-order valence-corrected chi connectivity index (χ0v) is 16.0. The van der Waals surface area contributed by atoms with Crippen LogP contribution in [0.25, 0.3) is 11.1 Å². The summed E-state index contributed by atoms with van der Waals surface area (Å²) >= 11 is 0. The molecule has 7 nitrogen and oxygen atoms in total. The topological polar surface area (TPSA) is 94.6 Å². The smallest absolute Gasteiger partial charge is 0.344 e. The number of oxazole rings is 1. The van der Waals surface area contributed by atoms with Crippen molar-refractivity contribution in [1.29, 1.82) is 0 Å². The molecule has 0 aliphatic carbocycles. The summed E-state index contributed by atoms with van der Waals surface area (Å²) in [6.07, 6.45) is 0. The maximum atomic E-state index is 12.4. The average Bonchev–Trinajstić information content (AvgIpc) is 3.14. The number of aryl methyl sites for hydroxylation is 1. The van der Waals surface area contributed by atoms with E-state index >= 15 is 0 Å². The molecule has 1 aromatic carbocycles. The molecule has 2 aromatic heterocycles. The van der Waals surface area contributed by atoms with Crippen molar-refractivity contribution in [2.45, 2.75) is 40.5 Å². The maximum absolute atomic E-state index is 12.4. The Morgan fingerprint density at radius 2 is 1.96 bits per heavy atom. The number of nitrogens with one attached hydrogen (secondary N) is 1. The van der Waals surface area contributed by atoms with Crippen LogP contribution < -0.4 is 5.32 Å². The second-order valence-electron chi connectivity index (χ2n) is 6.54. The number of benzene rings is 1. The molecular formula is C20H22N2O5. The third-order valence-corrected chi connectivity index (χ3v) is 4.21. The van der Waals surface area contributed by atoms with Crippen molar-refractivity contribution in [3.05, 3.63) is 40.6 Å². The molecule has 0 atom stereocenters. The first kappa shape index (κ1) is 18.7. The summed E-state index contributed by atoms with van der Waals surface area (Å²) in [5, 5.41) is 2.87. The first-order valence-corrected chi connectivity index (χ1v) is 8.80. The zero-order valence-electron chi connectivity index (χ0n) is 16.0. The molecule has 3 rings (SSSR count). The quantitative estimate of drug-likeness (QED) is 0.483. The molecule has 1 N–H and O–H groups in total. The molecule has 0 fully saturated rings. The standard InChI is InChI=1S/C20H22N2O5/c1-6-25-19(24)17-16(11(4)23)12(5)26-18(17)22-20-21-14-9-13(10(2)3)7-8-15(14)27-20/h7-10H,6H2,1-5H3,(H,21,22). The van der Waals surface area contributed by atoms with Gasteiger partial charge in [-0.3, -0.25) is 10.1 Å².